The Kier molecular flexibility index (Phi) is 1.86. The van der Waals surface area contributed by atoms with E-state index in [4.69, 9.17) is 5.11 Å². The molecule has 1 aliphatic rings. The molecule has 80 valence electrons. The maximum atomic E-state index is 11.0. The van der Waals surface area contributed by atoms with Gasteiger partial charge in [-0.15, -0.1) is 0 Å². The average molecular weight is 213 g/mol. The molecular formula is C13H11NO2. The lowest BCUT2D eigenvalue weighted by molar-refractivity contribution is 0.0696. The summed E-state index contributed by atoms with van der Waals surface area (Å²) < 4.78 is 0. The van der Waals surface area contributed by atoms with Gasteiger partial charge in [-0.1, -0.05) is 24.3 Å². The van der Waals surface area contributed by atoms with Gasteiger partial charge in [-0.2, -0.15) is 0 Å². The van der Waals surface area contributed by atoms with E-state index < -0.39 is 5.97 Å². The summed E-state index contributed by atoms with van der Waals surface area (Å²) in [6.45, 7) is 0. The van der Waals surface area contributed by atoms with Gasteiger partial charge in [0.2, 0.25) is 0 Å². The van der Waals surface area contributed by atoms with Crippen molar-refractivity contribution in [2.45, 2.75) is 12.8 Å². The topological polar surface area (TPSA) is 53.1 Å². The molecule has 0 spiro atoms. The van der Waals surface area contributed by atoms with E-state index in [1.54, 1.807) is 6.20 Å². The first-order chi connectivity index (χ1) is 7.77. The lowest BCUT2D eigenvalue weighted by atomic mass is 9.89. The molecule has 2 N–H and O–H groups in total. The predicted octanol–water partition coefficient (Wildman–Crippen LogP) is 2.48. The van der Waals surface area contributed by atoms with Crippen LogP contribution in [0.3, 0.4) is 0 Å². The van der Waals surface area contributed by atoms with Crippen LogP contribution in [0.2, 0.25) is 0 Å². The molecule has 0 bridgehead atoms. The van der Waals surface area contributed by atoms with Crippen LogP contribution in [0.25, 0.3) is 11.3 Å². The van der Waals surface area contributed by atoms with E-state index in [0.29, 0.717) is 5.56 Å². The Labute approximate surface area is 92.7 Å². The van der Waals surface area contributed by atoms with E-state index in [9.17, 15) is 4.79 Å². The van der Waals surface area contributed by atoms with Crippen molar-refractivity contribution in [1.29, 1.82) is 0 Å². The minimum atomic E-state index is -0.850. The summed E-state index contributed by atoms with van der Waals surface area (Å²) in [6, 6.07) is 8.13. The molecule has 0 saturated heterocycles. The number of aromatic carboxylic acids is 1. The maximum absolute atomic E-state index is 11.0. The molecule has 0 aliphatic heterocycles. The molecule has 0 amide bonds. The summed E-state index contributed by atoms with van der Waals surface area (Å²) >= 11 is 0. The number of carboxylic acid groups (broad SMARTS) is 1. The lowest BCUT2D eigenvalue weighted by Crippen LogP contribution is -2.06. The minimum absolute atomic E-state index is 0.407. The summed E-state index contributed by atoms with van der Waals surface area (Å²) in [5.74, 6) is -0.850. The Bertz CT molecular complexity index is 569. The number of carboxylic acids is 1. The van der Waals surface area contributed by atoms with Crippen LogP contribution in [-0.2, 0) is 12.8 Å². The SMILES string of the molecule is O=C(O)c1c[nH]c2c1CCc1ccccc1-2. The van der Waals surface area contributed by atoms with Crippen molar-refractivity contribution in [2.24, 2.45) is 0 Å². The molecule has 2 aromatic rings. The third kappa shape index (κ3) is 1.18. The van der Waals surface area contributed by atoms with Crippen LogP contribution in [-0.4, -0.2) is 16.1 Å². The Morgan fingerprint density at radius 1 is 1.25 bits per heavy atom. The first kappa shape index (κ1) is 9.21. The molecule has 1 aliphatic carbocycles. The second kappa shape index (κ2) is 3.23. The van der Waals surface area contributed by atoms with Crippen LogP contribution < -0.4 is 0 Å². The molecule has 3 rings (SSSR count). The third-order valence-corrected chi connectivity index (χ3v) is 3.15. The molecule has 3 heteroatoms. The van der Waals surface area contributed by atoms with E-state index in [2.05, 4.69) is 11.1 Å². The predicted molar refractivity (Wildman–Crippen MR) is 60.6 cm³/mol. The van der Waals surface area contributed by atoms with Crippen LogP contribution in [0.15, 0.2) is 30.5 Å². The first-order valence-corrected chi connectivity index (χ1v) is 5.29. The van der Waals surface area contributed by atoms with Gasteiger partial charge in [0.1, 0.15) is 0 Å². The molecule has 1 aromatic heterocycles. The van der Waals surface area contributed by atoms with E-state index in [1.165, 1.54) is 5.56 Å². The zero-order chi connectivity index (χ0) is 11.1. The molecule has 0 radical (unpaired) electrons. The maximum Gasteiger partial charge on any atom is 0.337 e. The second-order valence-corrected chi connectivity index (χ2v) is 4.02. The molecule has 0 atom stereocenters. The Hall–Kier alpha value is -2.03. The van der Waals surface area contributed by atoms with Crippen LogP contribution in [0, 0.1) is 0 Å². The largest absolute Gasteiger partial charge is 0.478 e. The Balaban J connectivity index is 2.23. The van der Waals surface area contributed by atoms with Gasteiger partial charge in [-0.05, 0) is 24.0 Å². The third-order valence-electron chi connectivity index (χ3n) is 3.15. The Morgan fingerprint density at radius 3 is 2.88 bits per heavy atom. The molecule has 0 saturated carbocycles. The van der Waals surface area contributed by atoms with Gasteiger partial charge in [0, 0.05) is 17.5 Å². The van der Waals surface area contributed by atoms with Crippen molar-refractivity contribution in [3.63, 3.8) is 0 Å². The smallest absolute Gasteiger partial charge is 0.337 e. The normalized spacial score (nSPS) is 13.0. The first-order valence-electron chi connectivity index (χ1n) is 5.29. The molecule has 3 nitrogen and oxygen atoms in total. The highest BCUT2D eigenvalue weighted by molar-refractivity contribution is 5.92. The minimum Gasteiger partial charge on any atom is -0.478 e. The van der Waals surface area contributed by atoms with Gasteiger partial charge in [0.25, 0.3) is 0 Å². The van der Waals surface area contributed by atoms with Crippen LogP contribution >= 0.6 is 0 Å². The number of hydrogen-bond acceptors (Lipinski definition) is 1. The van der Waals surface area contributed by atoms with Crippen LogP contribution in [0.4, 0.5) is 0 Å². The van der Waals surface area contributed by atoms with Gasteiger partial charge >= 0.3 is 5.97 Å². The number of aryl methyl sites for hydroxylation is 1. The lowest BCUT2D eigenvalue weighted by Gasteiger charge is -2.16. The van der Waals surface area contributed by atoms with Gasteiger partial charge in [-0.25, -0.2) is 4.79 Å². The number of benzene rings is 1. The quantitative estimate of drug-likeness (QED) is 0.764. The monoisotopic (exact) mass is 213 g/mol. The fraction of sp³-hybridized carbons (Fsp3) is 0.154. The highest BCUT2D eigenvalue weighted by atomic mass is 16.4. The van der Waals surface area contributed by atoms with Crippen LogP contribution in [0.1, 0.15) is 21.5 Å². The zero-order valence-electron chi connectivity index (χ0n) is 8.66. The van der Waals surface area contributed by atoms with Crippen molar-refractivity contribution in [1.82, 2.24) is 4.98 Å². The van der Waals surface area contributed by atoms with Crippen molar-refractivity contribution in [2.75, 3.05) is 0 Å². The number of hydrogen-bond donors (Lipinski definition) is 2. The second-order valence-electron chi connectivity index (χ2n) is 4.02. The molecule has 0 fully saturated rings. The number of fused-ring (bicyclic) bond motifs is 3. The van der Waals surface area contributed by atoms with Crippen molar-refractivity contribution >= 4 is 5.97 Å². The number of carbonyl (C=O) groups is 1. The molecular weight excluding hydrogens is 202 g/mol. The van der Waals surface area contributed by atoms with E-state index >= 15 is 0 Å². The van der Waals surface area contributed by atoms with Crippen molar-refractivity contribution < 1.29 is 9.90 Å². The molecule has 1 heterocycles. The fourth-order valence-electron chi connectivity index (χ4n) is 2.39. The van der Waals surface area contributed by atoms with E-state index in [1.807, 2.05) is 18.2 Å². The van der Waals surface area contributed by atoms with Crippen LogP contribution in [0.5, 0.6) is 0 Å². The van der Waals surface area contributed by atoms with E-state index in [-0.39, 0.29) is 0 Å². The molecule has 1 aromatic carbocycles. The fourth-order valence-corrected chi connectivity index (χ4v) is 2.39. The number of nitrogens with one attached hydrogen (secondary N) is 1. The van der Waals surface area contributed by atoms with Gasteiger partial charge < -0.3 is 10.1 Å². The number of aromatic amines is 1. The zero-order valence-corrected chi connectivity index (χ0v) is 8.66. The molecule has 0 unspecified atom stereocenters. The van der Waals surface area contributed by atoms with Gasteiger partial charge in [-0.3, -0.25) is 0 Å². The number of H-pyrrole nitrogens is 1. The average Bonchev–Trinajstić information content (AvgIpc) is 2.73. The Morgan fingerprint density at radius 2 is 2.06 bits per heavy atom. The highest BCUT2D eigenvalue weighted by Crippen LogP contribution is 2.34. The highest BCUT2D eigenvalue weighted by Gasteiger charge is 2.22. The van der Waals surface area contributed by atoms with Gasteiger partial charge in [0.05, 0.1) is 5.56 Å². The van der Waals surface area contributed by atoms with E-state index in [0.717, 1.165) is 29.7 Å². The summed E-state index contributed by atoms with van der Waals surface area (Å²) in [5.41, 5.74) is 4.74. The standard InChI is InChI=1S/C13H11NO2/c15-13(16)11-7-14-12-9-4-2-1-3-8(9)5-6-10(11)12/h1-4,7,14H,5-6H2,(H,15,16). The van der Waals surface area contributed by atoms with Crippen molar-refractivity contribution in [3.8, 4) is 11.3 Å². The summed E-state index contributed by atoms with van der Waals surface area (Å²) in [7, 11) is 0. The van der Waals surface area contributed by atoms with Crippen molar-refractivity contribution in [3.05, 3.63) is 47.2 Å². The van der Waals surface area contributed by atoms with Gasteiger partial charge in [0.15, 0.2) is 0 Å². The number of rotatable bonds is 1. The summed E-state index contributed by atoms with van der Waals surface area (Å²) in [4.78, 5) is 14.1. The number of aromatic nitrogens is 1. The summed E-state index contributed by atoms with van der Waals surface area (Å²) in [5, 5.41) is 9.06. The molecule has 16 heavy (non-hydrogen) atoms. The summed E-state index contributed by atoms with van der Waals surface area (Å²) in [6.07, 6.45) is 3.31.